The highest BCUT2D eigenvalue weighted by Gasteiger charge is 2.45. The second kappa shape index (κ2) is 12.9. The van der Waals surface area contributed by atoms with Crippen molar-refractivity contribution < 1.29 is 19.5 Å². The minimum Gasteiger partial charge on any atom is -0.478 e. The number of carbonyl (C=O) groups is 3. The first kappa shape index (κ1) is 31.6. The largest absolute Gasteiger partial charge is 0.478 e. The van der Waals surface area contributed by atoms with Gasteiger partial charge in [0.25, 0.3) is 5.91 Å². The fourth-order valence-corrected chi connectivity index (χ4v) is 7.90. The van der Waals surface area contributed by atoms with Gasteiger partial charge in [-0.2, -0.15) is 0 Å². The number of anilines is 1. The van der Waals surface area contributed by atoms with Crippen molar-refractivity contribution in [3.8, 4) is 22.0 Å². The molecule has 8 nitrogen and oxygen atoms in total. The van der Waals surface area contributed by atoms with E-state index < -0.39 is 11.5 Å². The topological polar surface area (TPSA) is 113 Å². The molecule has 7 rings (SSSR count). The summed E-state index contributed by atoms with van der Waals surface area (Å²) in [4.78, 5) is 43.6. The van der Waals surface area contributed by atoms with Crippen LogP contribution in [0.1, 0.15) is 79.3 Å². The van der Waals surface area contributed by atoms with E-state index in [1.807, 2.05) is 30.3 Å². The predicted octanol–water partition coefficient (Wildman–Crippen LogP) is 8.41. The van der Waals surface area contributed by atoms with E-state index in [-0.39, 0.29) is 17.4 Å². The monoisotopic (exact) mass is 658 g/mol. The van der Waals surface area contributed by atoms with E-state index in [2.05, 4.69) is 45.8 Å². The normalized spacial score (nSPS) is 16.1. The number of nitrogens with zero attached hydrogens (tertiary/aromatic N) is 2. The van der Waals surface area contributed by atoms with Gasteiger partial charge < -0.3 is 20.3 Å². The molecule has 0 unspecified atom stereocenters. The van der Waals surface area contributed by atoms with Crippen LogP contribution in [0.25, 0.3) is 38.9 Å². The third kappa shape index (κ3) is 5.94. The molecule has 3 N–H and O–H groups in total. The highest BCUT2D eigenvalue weighted by atomic mass is 32.1. The van der Waals surface area contributed by atoms with Crippen molar-refractivity contribution >= 4 is 51.8 Å². The van der Waals surface area contributed by atoms with Crippen LogP contribution in [0.5, 0.6) is 0 Å². The molecule has 0 spiro atoms. The molecule has 48 heavy (non-hydrogen) atoms. The van der Waals surface area contributed by atoms with E-state index in [9.17, 15) is 14.4 Å². The van der Waals surface area contributed by atoms with Crippen LogP contribution in [-0.4, -0.2) is 38.0 Å². The van der Waals surface area contributed by atoms with Crippen molar-refractivity contribution in [2.75, 3.05) is 5.32 Å². The molecule has 9 heteroatoms. The Morgan fingerprint density at radius 1 is 0.979 bits per heavy atom. The highest BCUT2D eigenvalue weighted by Crippen LogP contribution is 2.45. The van der Waals surface area contributed by atoms with E-state index in [4.69, 9.17) is 10.1 Å². The quantitative estimate of drug-likeness (QED) is 0.138. The Balaban J connectivity index is 1.15. The van der Waals surface area contributed by atoms with E-state index in [0.717, 1.165) is 57.7 Å². The second-order valence-electron chi connectivity index (χ2n) is 13.0. The first-order valence-electron chi connectivity index (χ1n) is 16.5. The maximum atomic E-state index is 13.8. The average molecular weight is 659 g/mol. The predicted molar refractivity (Wildman–Crippen MR) is 191 cm³/mol. The molecule has 0 radical (unpaired) electrons. The molecular formula is C39H38N4O4S. The lowest BCUT2D eigenvalue weighted by atomic mass is 9.75. The van der Waals surface area contributed by atoms with Crippen LogP contribution >= 0.6 is 11.3 Å². The average Bonchev–Trinajstić information content (AvgIpc) is 3.84. The number of rotatable bonds is 9. The van der Waals surface area contributed by atoms with Crippen molar-refractivity contribution in [3.63, 3.8) is 0 Å². The SMILES string of the molecule is C/C(=C\c1ccc(NC(=O)C2(NC(=O)c3ccc4c(C5CCCC5)c(-c5csc(-c6ccccc6)n5)n(C)c4c3)CCC2)cc1)C(=O)O. The second-order valence-corrected chi connectivity index (χ2v) is 13.9. The van der Waals surface area contributed by atoms with Gasteiger partial charge in [-0.3, -0.25) is 9.59 Å². The standard InChI is InChI=1S/C39H38N4O4S/c1-24(37(45)46)21-25-13-16-29(17-14-25)40-38(47)39(19-8-20-39)42-35(44)28-15-18-30-32(22-28)43(2)34(33(30)26-9-6-7-10-26)31-23-48-36(41-31)27-11-4-3-5-12-27/h3-5,11-18,21-23,26H,6-10,19-20H2,1-2H3,(H,40,47)(H,42,44)(H,45,46)/b24-21+. The molecule has 0 atom stereocenters. The Hall–Kier alpha value is -5.02. The minimum atomic E-state index is -0.993. The molecule has 2 aromatic heterocycles. The van der Waals surface area contributed by atoms with Crippen LogP contribution in [0.3, 0.4) is 0 Å². The lowest BCUT2D eigenvalue weighted by Gasteiger charge is -2.40. The maximum Gasteiger partial charge on any atom is 0.331 e. The van der Waals surface area contributed by atoms with Gasteiger partial charge in [0, 0.05) is 45.7 Å². The van der Waals surface area contributed by atoms with Gasteiger partial charge in [0.1, 0.15) is 10.5 Å². The van der Waals surface area contributed by atoms with Gasteiger partial charge in [-0.1, -0.05) is 61.4 Å². The minimum absolute atomic E-state index is 0.225. The Morgan fingerprint density at radius 2 is 1.71 bits per heavy atom. The van der Waals surface area contributed by atoms with Crippen LogP contribution < -0.4 is 10.6 Å². The van der Waals surface area contributed by atoms with Gasteiger partial charge in [-0.05, 0) is 86.4 Å². The Morgan fingerprint density at radius 3 is 2.38 bits per heavy atom. The van der Waals surface area contributed by atoms with Gasteiger partial charge in [0.05, 0.1) is 11.4 Å². The summed E-state index contributed by atoms with van der Waals surface area (Å²) in [5.74, 6) is -1.07. The molecule has 2 amide bonds. The molecule has 2 heterocycles. The molecule has 3 aromatic carbocycles. The Bertz CT molecular complexity index is 2050. The molecule has 2 saturated carbocycles. The highest BCUT2D eigenvalue weighted by molar-refractivity contribution is 7.13. The molecule has 2 aliphatic rings. The van der Waals surface area contributed by atoms with Crippen LogP contribution in [-0.2, 0) is 16.6 Å². The van der Waals surface area contributed by atoms with Gasteiger partial charge >= 0.3 is 5.97 Å². The van der Waals surface area contributed by atoms with E-state index in [1.165, 1.54) is 25.3 Å². The molecule has 2 fully saturated rings. The number of carboxylic acids is 1. The van der Waals surface area contributed by atoms with Crippen LogP contribution in [0.4, 0.5) is 5.69 Å². The molecular weight excluding hydrogens is 621 g/mol. The first-order chi connectivity index (χ1) is 23.2. The summed E-state index contributed by atoms with van der Waals surface area (Å²) in [6, 6.07) is 23.1. The molecule has 2 aliphatic carbocycles. The number of fused-ring (bicyclic) bond motifs is 1. The summed E-state index contributed by atoms with van der Waals surface area (Å²) in [6.45, 7) is 1.53. The summed E-state index contributed by atoms with van der Waals surface area (Å²) in [5, 5.41) is 19.5. The number of amides is 2. The molecule has 5 aromatic rings. The number of aliphatic carboxylic acids is 1. The van der Waals surface area contributed by atoms with Crippen molar-refractivity contribution in [1.82, 2.24) is 14.9 Å². The number of aromatic nitrogens is 2. The summed E-state index contributed by atoms with van der Waals surface area (Å²) in [6.07, 6.45) is 8.23. The zero-order valence-corrected chi connectivity index (χ0v) is 27.9. The molecule has 0 bridgehead atoms. The number of nitrogens with one attached hydrogen (secondary N) is 2. The Kier molecular flexibility index (Phi) is 8.47. The smallest absolute Gasteiger partial charge is 0.331 e. The zero-order valence-electron chi connectivity index (χ0n) is 27.1. The van der Waals surface area contributed by atoms with Crippen molar-refractivity contribution in [3.05, 3.63) is 100 Å². The van der Waals surface area contributed by atoms with Gasteiger partial charge in [-0.25, -0.2) is 9.78 Å². The van der Waals surface area contributed by atoms with E-state index in [0.29, 0.717) is 30.0 Å². The summed E-state index contributed by atoms with van der Waals surface area (Å²) >= 11 is 1.65. The van der Waals surface area contributed by atoms with Crippen LogP contribution in [0.2, 0.25) is 0 Å². The van der Waals surface area contributed by atoms with Crippen molar-refractivity contribution in [2.24, 2.45) is 7.05 Å². The number of aryl methyl sites for hydroxylation is 1. The maximum absolute atomic E-state index is 13.8. The number of carbonyl (C=O) groups excluding carboxylic acids is 2. The summed E-state index contributed by atoms with van der Waals surface area (Å²) in [5.41, 5.74) is 6.52. The Labute approximate surface area is 283 Å². The lowest BCUT2D eigenvalue weighted by Crippen LogP contribution is -2.61. The molecule has 0 saturated heterocycles. The number of carboxylic acid groups (broad SMARTS) is 1. The number of thiazole rings is 1. The number of benzene rings is 3. The van der Waals surface area contributed by atoms with Gasteiger partial charge in [0.2, 0.25) is 5.91 Å². The molecule has 244 valence electrons. The summed E-state index contributed by atoms with van der Waals surface area (Å²) < 4.78 is 2.19. The number of hydrogen-bond acceptors (Lipinski definition) is 5. The fourth-order valence-electron chi connectivity index (χ4n) is 7.09. The van der Waals surface area contributed by atoms with Crippen LogP contribution in [0, 0.1) is 0 Å². The van der Waals surface area contributed by atoms with E-state index in [1.54, 1.807) is 41.7 Å². The van der Waals surface area contributed by atoms with Crippen molar-refractivity contribution in [2.45, 2.75) is 63.3 Å². The number of hydrogen-bond donors (Lipinski definition) is 3. The molecule has 0 aliphatic heterocycles. The van der Waals surface area contributed by atoms with Gasteiger partial charge in [0.15, 0.2) is 0 Å². The lowest BCUT2D eigenvalue weighted by molar-refractivity contribution is -0.132. The van der Waals surface area contributed by atoms with Crippen LogP contribution in [0.15, 0.2) is 83.7 Å². The fraction of sp³-hybridized carbons (Fsp3) is 0.282. The van der Waals surface area contributed by atoms with Gasteiger partial charge in [-0.15, -0.1) is 11.3 Å². The summed E-state index contributed by atoms with van der Waals surface area (Å²) in [7, 11) is 2.06. The first-order valence-corrected chi connectivity index (χ1v) is 17.4. The third-order valence-electron chi connectivity index (χ3n) is 9.92. The van der Waals surface area contributed by atoms with Crippen molar-refractivity contribution in [1.29, 1.82) is 0 Å². The van der Waals surface area contributed by atoms with E-state index >= 15 is 0 Å². The zero-order chi connectivity index (χ0) is 33.4. The third-order valence-corrected chi connectivity index (χ3v) is 10.8.